The van der Waals surface area contributed by atoms with Gasteiger partial charge in [-0.15, -0.1) is 0 Å². The fourth-order valence-electron chi connectivity index (χ4n) is 2.78. The Balaban J connectivity index is 1.54. The molecule has 3 heterocycles. The van der Waals surface area contributed by atoms with E-state index in [1.54, 1.807) is 6.26 Å². The van der Waals surface area contributed by atoms with Crippen LogP contribution in [0.25, 0.3) is 0 Å². The standard InChI is InChI=1S/C17H26N6OS/c1-3-15-20-17(25-21-15)23-11-9-22(10-12-23)16(18-4-2)19-8-7-14-6-5-13-24-14/h5-6,13H,3-4,7-12H2,1-2H3,(H,18,19). The molecule has 1 N–H and O–H groups in total. The zero-order valence-electron chi connectivity index (χ0n) is 14.9. The Labute approximate surface area is 152 Å². The molecule has 1 aliphatic heterocycles. The normalized spacial score (nSPS) is 15.7. The second-order valence-corrected chi connectivity index (χ2v) is 6.62. The monoisotopic (exact) mass is 362 g/mol. The number of guanidine groups is 1. The number of nitrogens with one attached hydrogen (secondary N) is 1. The predicted octanol–water partition coefficient (Wildman–Crippen LogP) is 2.02. The van der Waals surface area contributed by atoms with Crippen LogP contribution in [0.3, 0.4) is 0 Å². The molecule has 136 valence electrons. The van der Waals surface area contributed by atoms with Crippen LogP contribution in [0, 0.1) is 0 Å². The summed E-state index contributed by atoms with van der Waals surface area (Å²) in [6.07, 6.45) is 3.43. The van der Waals surface area contributed by atoms with Crippen molar-refractivity contribution in [3.8, 4) is 0 Å². The van der Waals surface area contributed by atoms with E-state index in [1.807, 2.05) is 12.1 Å². The maximum atomic E-state index is 5.37. The average molecular weight is 363 g/mol. The van der Waals surface area contributed by atoms with Crippen LogP contribution in [0.1, 0.15) is 25.4 Å². The largest absolute Gasteiger partial charge is 0.469 e. The van der Waals surface area contributed by atoms with E-state index in [0.717, 1.165) is 74.8 Å². The first-order chi connectivity index (χ1) is 12.3. The van der Waals surface area contributed by atoms with Crippen LogP contribution in [0.4, 0.5) is 5.13 Å². The van der Waals surface area contributed by atoms with Crippen molar-refractivity contribution in [2.45, 2.75) is 26.7 Å². The van der Waals surface area contributed by atoms with Gasteiger partial charge in [-0.2, -0.15) is 4.37 Å². The number of furan rings is 1. The molecule has 0 atom stereocenters. The van der Waals surface area contributed by atoms with E-state index in [-0.39, 0.29) is 0 Å². The average Bonchev–Trinajstić information content (AvgIpc) is 3.33. The van der Waals surface area contributed by atoms with Gasteiger partial charge in [0.15, 0.2) is 5.96 Å². The summed E-state index contributed by atoms with van der Waals surface area (Å²) < 4.78 is 9.76. The predicted molar refractivity (Wildman–Crippen MR) is 101 cm³/mol. The molecule has 0 spiro atoms. The Morgan fingerprint density at radius 1 is 1.32 bits per heavy atom. The fraction of sp³-hybridized carbons (Fsp3) is 0.588. The minimum Gasteiger partial charge on any atom is -0.469 e. The van der Waals surface area contributed by atoms with Crippen LogP contribution in [-0.4, -0.2) is 59.5 Å². The molecule has 0 bridgehead atoms. The van der Waals surface area contributed by atoms with Crippen LogP contribution < -0.4 is 10.2 Å². The summed E-state index contributed by atoms with van der Waals surface area (Å²) in [6.45, 7) is 9.56. The highest BCUT2D eigenvalue weighted by molar-refractivity contribution is 7.09. The third-order valence-electron chi connectivity index (χ3n) is 4.16. The minimum atomic E-state index is 0.728. The molecule has 7 nitrogen and oxygen atoms in total. The van der Waals surface area contributed by atoms with Gasteiger partial charge < -0.3 is 19.5 Å². The summed E-state index contributed by atoms with van der Waals surface area (Å²) in [5.41, 5.74) is 0. The highest BCUT2D eigenvalue weighted by Crippen LogP contribution is 2.19. The number of rotatable bonds is 6. The molecule has 8 heteroatoms. The molecule has 1 saturated heterocycles. The molecule has 1 fully saturated rings. The number of hydrogen-bond donors (Lipinski definition) is 1. The Bertz CT molecular complexity index is 660. The second-order valence-electron chi connectivity index (χ2n) is 5.89. The van der Waals surface area contributed by atoms with Gasteiger partial charge in [-0.3, -0.25) is 4.99 Å². The Hall–Kier alpha value is -2.09. The third kappa shape index (κ3) is 4.72. The van der Waals surface area contributed by atoms with Crippen LogP contribution in [0.5, 0.6) is 0 Å². The van der Waals surface area contributed by atoms with Crippen molar-refractivity contribution in [2.75, 3.05) is 44.2 Å². The van der Waals surface area contributed by atoms with Crippen molar-refractivity contribution in [1.29, 1.82) is 0 Å². The quantitative estimate of drug-likeness (QED) is 0.626. The Morgan fingerprint density at radius 2 is 2.16 bits per heavy atom. The molecule has 2 aromatic rings. The van der Waals surface area contributed by atoms with E-state index in [4.69, 9.17) is 9.41 Å². The van der Waals surface area contributed by atoms with Crippen LogP contribution in [0.2, 0.25) is 0 Å². The van der Waals surface area contributed by atoms with E-state index in [1.165, 1.54) is 11.5 Å². The van der Waals surface area contributed by atoms with Gasteiger partial charge in [-0.05, 0) is 19.1 Å². The number of anilines is 1. The van der Waals surface area contributed by atoms with Crippen molar-refractivity contribution in [2.24, 2.45) is 4.99 Å². The summed E-state index contributed by atoms with van der Waals surface area (Å²) in [5, 5.41) is 4.44. The van der Waals surface area contributed by atoms with Crippen molar-refractivity contribution in [3.63, 3.8) is 0 Å². The molecule has 25 heavy (non-hydrogen) atoms. The van der Waals surface area contributed by atoms with Gasteiger partial charge in [0.25, 0.3) is 0 Å². The van der Waals surface area contributed by atoms with Crippen LogP contribution in [-0.2, 0) is 12.8 Å². The summed E-state index contributed by atoms with van der Waals surface area (Å²) in [5.74, 6) is 2.91. The molecular weight excluding hydrogens is 336 g/mol. The van der Waals surface area contributed by atoms with Crippen molar-refractivity contribution < 1.29 is 4.42 Å². The lowest BCUT2D eigenvalue weighted by atomic mass is 10.3. The highest BCUT2D eigenvalue weighted by atomic mass is 32.1. The van der Waals surface area contributed by atoms with E-state index in [2.05, 4.69) is 38.3 Å². The van der Waals surface area contributed by atoms with E-state index in [0.29, 0.717) is 0 Å². The topological polar surface area (TPSA) is 69.8 Å². The highest BCUT2D eigenvalue weighted by Gasteiger charge is 2.21. The zero-order chi connectivity index (χ0) is 17.5. The SMILES string of the molecule is CCNC(=NCCc1ccco1)N1CCN(c2nc(CC)ns2)CC1. The van der Waals surface area contributed by atoms with Gasteiger partial charge in [0.05, 0.1) is 6.26 Å². The van der Waals surface area contributed by atoms with Gasteiger partial charge in [-0.25, -0.2) is 4.98 Å². The van der Waals surface area contributed by atoms with Gasteiger partial charge in [0.2, 0.25) is 5.13 Å². The molecule has 0 aliphatic carbocycles. The van der Waals surface area contributed by atoms with E-state index < -0.39 is 0 Å². The summed E-state index contributed by atoms with van der Waals surface area (Å²) in [4.78, 5) is 14.0. The van der Waals surface area contributed by atoms with Crippen LogP contribution in [0.15, 0.2) is 27.8 Å². The first-order valence-corrected chi connectivity index (χ1v) is 9.70. The number of aromatic nitrogens is 2. The van der Waals surface area contributed by atoms with Gasteiger partial charge in [-0.1, -0.05) is 6.92 Å². The molecule has 0 amide bonds. The fourth-order valence-corrected chi connectivity index (χ4v) is 3.58. The maximum absolute atomic E-state index is 5.37. The second kappa shape index (κ2) is 8.84. The molecule has 0 aromatic carbocycles. The molecule has 2 aromatic heterocycles. The van der Waals surface area contributed by atoms with E-state index in [9.17, 15) is 0 Å². The number of aryl methyl sites for hydroxylation is 1. The lowest BCUT2D eigenvalue weighted by Gasteiger charge is -2.36. The lowest BCUT2D eigenvalue weighted by Crippen LogP contribution is -2.52. The van der Waals surface area contributed by atoms with Crippen LogP contribution >= 0.6 is 11.5 Å². The molecule has 0 radical (unpaired) electrons. The lowest BCUT2D eigenvalue weighted by molar-refractivity contribution is 0.372. The third-order valence-corrected chi connectivity index (χ3v) is 4.97. The Morgan fingerprint density at radius 3 is 2.80 bits per heavy atom. The molecule has 0 unspecified atom stereocenters. The van der Waals surface area contributed by atoms with Crippen molar-refractivity contribution >= 4 is 22.6 Å². The molecule has 3 rings (SSSR count). The zero-order valence-corrected chi connectivity index (χ0v) is 15.8. The number of hydrogen-bond acceptors (Lipinski definition) is 6. The molecule has 0 saturated carbocycles. The van der Waals surface area contributed by atoms with Crippen molar-refractivity contribution in [1.82, 2.24) is 19.6 Å². The van der Waals surface area contributed by atoms with Crippen molar-refractivity contribution in [3.05, 3.63) is 30.0 Å². The number of piperazine rings is 1. The smallest absolute Gasteiger partial charge is 0.205 e. The minimum absolute atomic E-state index is 0.728. The first-order valence-electron chi connectivity index (χ1n) is 8.93. The maximum Gasteiger partial charge on any atom is 0.205 e. The number of aliphatic imine (C=N–C) groups is 1. The van der Waals surface area contributed by atoms with Gasteiger partial charge >= 0.3 is 0 Å². The summed E-state index contributed by atoms with van der Waals surface area (Å²) in [6, 6.07) is 3.91. The molecule has 1 aliphatic rings. The van der Waals surface area contributed by atoms with Gasteiger partial charge in [0.1, 0.15) is 11.6 Å². The first kappa shape index (κ1) is 17.7. The number of nitrogens with zero attached hydrogens (tertiary/aromatic N) is 5. The van der Waals surface area contributed by atoms with E-state index >= 15 is 0 Å². The van der Waals surface area contributed by atoms with Gasteiger partial charge in [0, 0.05) is 63.6 Å². The Kier molecular flexibility index (Phi) is 6.27. The molecular formula is C17H26N6OS. The summed E-state index contributed by atoms with van der Waals surface area (Å²) >= 11 is 1.50. The summed E-state index contributed by atoms with van der Waals surface area (Å²) in [7, 11) is 0.